The Balaban J connectivity index is 1.54. The zero-order valence-corrected chi connectivity index (χ0v) is 20.1. The molecule has 0 spiro atoms. The van der Waals surface area contributed by atoms with Crippen LogP contribution in [0.15, 0.2) is 59.8 Å². The number of anilines is 1. The number of piperazine rings is 1. The van der Waals surface area contributed by atoms with Crippen LogP contribution < -0.4 is 20.3 Å². The maximum atomic E-state index is 13.5. The minimum Gasteiger partial charge on any atom is -0.492 e. The lowest BCUT2D eigenvalue weighted by molar-refractivity contribution is -0.139. The lowest BCUT2D eigenvalue weighted by Gasteiger charge is -2.38. The number of nitrogens with zero attached hydrogens (tertiary/aromatic N) is 2. The molecule has 1 saturated heterocycles. The average Bonchev–Trinajstić information content (AvgIpc) is 2.85. The van der Waals surface area contributed by atoms with Crippen LogP contribution in [0.1, 0.15) is 25.5 Å². The molecule has 0 aromatic heterocycles. The summed E-state index contributed by atoms with van der Waals surface area (Å²) in [5, 5.41) is 5.60. The van der Waals surface area contributed by atoms with Gasteiger partial charge in [0.25, 0.3) is 0 Å². The summed E-state index contributed by atoms with van der Waals surface area (Å²) >= 11 is 0. The van der Waals surface area contributed by atoms with Gasteiger partial charge in [-0.05, 0) is 43.7 Å². The highest BCUT2D eigenvalue weighted by atomic mass is 19.1. The average molecular weight is 483 g/mol. The van der Waals surface area contributed by atoms with Gasteiger partial charge in [0, 0.05) is 38.4 Å². The molecule has 2 aromatic rings. The van der Waals surface area contributed by atoms with Crippen molar-refractivity contribution in [2.45, 2.75) is 19.9 Å². The number of hydrogen-bond donors (Lipinski definition) is 2. The molecular weight excluding hydrogens is 451 g/mol. The van der Waals surface area contributed by atoms with Crippen LogP contribution in [-0.2, 0) is 9.53 Å². The lowest BCUT2D eigenvalue weighted by Crippen LogP contribution is -2.51. The summed E-state index contributed by atoms with van der Waals surface area (Å²) in [4.78, 5) is 29.9. The van der Waals surface area contributed by atoms with Gasteiger partial charge in [0.15, 0.2) is 0 Å². The maximum Gasteiger partial charge on any atom is 0.338 e. The fourth-order valence-corrected chi connectivity index (χ4v) is 4.46. The number of carbonyl (C=O) groups excluding carboxylic acids is 2. The normalized spacial score (nSPS) is 18.7. The third-order valence-electron chi connectivity index (χ3n) is 6.11. The molecule has 186 valence electrons. The molecule has 8 nitrogen and oxygen atoms in total. The first kappa shape index (κ1) is 24.5. The first-order valence-corrected chi connectivity index (χ1v) is 11.9. The predicted molar refractivity (Wildman–Crippen MR) is 131 cm³/mol. The lowest BCUT2D eigenvalue weighted by atomic mass is 9.95. The number of amides is 2. The van der Waals surface area contributed by atoms with E-state index < -0.39 is 18.0 Å². The number of carbonyl (C=O) groups is 2. The van der Waals surface area contributed by atoms with Gasteiger partial charge in [-0.25, -0.2) is 14.0 Å². The number of nitrogens with one attached hydrogen (secondary N) is 2. The van der Waals surface area contributed by atoms with Crippen LogP contribution in [0.5, 0.6) is 5.75 Å². The molecule has 0 radical (unpaired) electrons. The van der Waals surface area contributed by atoms with Crippen molar-refractivity contribution in [3.63, 3.8) is 0 Å². The van der Waals surface area contributed by atoms with Gasteiger partial charge in [-0.15, -0.1) is 0 Å². The topological polar surface area (TPSA) is 83.1 Å². The van der Waals surface area contributed by atoms with Crippen LogP contribution in [0.25, 0.3) is 0 Å². The van der Waals surface area contributed by atoms with E-state index in [-0.39, 0.29) is 12.4 Å². The smallest absolute Gasteiger partial charge is 0.338 e. The van der Waals surface area contributed by atoms with Gasteiger partial charge >= 0.3 is 12.0 Å². The maximum absolute atomic E-state index is 13.5. The van der Waals surface area contributed by atoms with Crippen LogP contribution in [0.4, 0.5) is 14.9 Å². The molecule has 2 heterocycles. The Bertz CT molecular complexity index is 1080. The molecule has 4 rings (SSSR count). The third-order valence-corrected chi connectivity index (χ3v) is 6.11. The number of halogens is 1. The van der Waals surface area contributed by atoms with Gasteiger partial charge in [-0.1, -0.05) is 24.3 Å². The van der Waals surface area contributed by atoms with Crippen LogP contribution in [0.3, 0.4) is 0 Å². The number of benzene rings is 2. The first-order chi connectivity index (χ1) is 17.0. The van der Waals surface area contributed by atoms with Gasteiger partial charge in [-0.3, -0.25) is 4.90 Å². The zero-order valence-electron chi connectivity index (χ0n) is 20.1. The van der Waals surface area contributed by atoms with Crippen molar-refractivity contribution in [3.8, 4) is 5.75 Å². The van der Waals surface area contributed by atoms with Gasteiger partial charge < -0.3 is 25.0 Å². The van der Waals surface area contributed by atoms with E-state index >= 15 is 0 Å². The fourth-order valence-electron chi connectivity index (χ4n) is 4.46. The molecule has 0 saturated carbocycles. The van der Waals surface area contributed by atoms with E-state index in [0.29, 0.717) is 30.0 Å². The monoisotopic (exact) mass is 482 g/mol. The van der Waals surface area contributed by atoms with Gasteiger partial charge in [-0.2, -0.15) is 0 Å². The summed E-state index contributed by atoms with van der Waals surface area (Å²) in [5.41, 5.74) is 2.51. The summed E-state index contributed by atoms with van der Waals surface area (Å²) in [6.07, 6.45) is 0. The summed E-state index contributed by atoms with van der Waals surface area (Å²) in [6.45, 7) is 7.94. The molecule has 2 aliphatic rings. The second-order valence-corrected chi connectivity index (χ2v) is 8.36. The van der Waals surface area contributed by atoms with Crippen LogP contribution in [-0.4, -0.2) is 62.8 Å². The largest absolute Gasteiger partial charge is 0.492 e. The summed E-state index contributed by atoms with van der Waals surface area (Å²) in [5.74, 6) is -0.0307. The van der Waals surface area contributed by atoms with Crippen LogP contribution in [0, 0.1) is 5.82 Å². The van der Waals surface area contributed by atoms with Crippen molar-refractivity contribution in [2.75, 3.05) is 50.8 Å². The van der Waals surface area contributed by atoms with E-state index in [9.17, 15) is 14.0 Å². The molecular formula is C26H31FN4O4. The second kappa shape index (κ2) is 11.2. The van der Waals surface area contributed by atoms with Crippen LogP contribution >= 0.6 is 0 Å². The third kappa shape index (κ3) is 5.74. The Kier molecular flexibility index (Phi) is 7.87. The van der Waals surface area contributed by atoms with E-state index in [1.807, 2.05) is 25.1 Å². The fraction of sp³-hybridized carbons (Fsp3) is 0.385. The van der Waals surface area contributed by atoms with E-state index in [4.69, 9.17) is 9.47 Å². The first-order valence-electron chi connectivity index (χ1n) is 11.9. The van der Waals surface area contributed by atoms with Crippen molar-refractivity contribution in [3.05, 3.63) is 71.2 Å². The number of urea groups is 1. The standard InChI is InChI=1S/C26H31FN4O4/c1-3-34-22-8-6-5-7-21(22)31-15-13-30(14-16-31)17-20-23(25(32)35-4-2)24(29-26(33)28-20)18-9-11-19(27)12-10-18/h5-12,24H,3-4,13-17H2,1-2H3,(H2,28,29,33)/t24-/m1/s1. The Morgan fingerprint density at radius 1 is 1.03 bits per heavy atom. The Morgan fingerprint density at radius 3 is 2.43 bits per heavy atom. The van der Waals surface area contributed by atoms with E-state index in [1.54, 1.807) is 19.1 Å². The van der Waals surface area contributed by atoms with Crippen molar-refractivity contribution in [2.24, 2.45) is 0 Å². The van der Waals surface area contributed by atoms with Crippen molar-refractivity contribution >= 4 is 17.7 Å². The quantitative estimate of drug-likeness (QED) is 0.563. The number of hydrogen-bond acceptors (Lipinski definition) is 6. The summed E-state index contributed by atoms with van der Waals surface area (Å²) in [7, 11) is 0. The van der Waals surface area contributed by atoms with Crippen molar-refractivity contribution < 1.29 is 23.5 Å². The second-order valence-electron chi connectivity index (χ2n) is 8.36. The van der Waals surface area contributed by atoms with Crippen molar-refractivity contribution in [1.29, 1.82) is 0 Å². The molecule has 0 aliphatic carbocycles. The van der Waals surface area contributed by atoms with Crippen LogP contribution in [0.2, 0.25) is 0 Å². The van der Waals surface area contributed by atoms with E-state index in [0.717, 1.165) is 37.6 Å². The highest BCUT2D eigenvalue weighted by molar-refractivity contribution is 5.95. The molecule has 1 fully saturated rings. The molecule has 0 unspecified atom stereocenters. The molecule has 1 atom stereocenters. The predicted octanol–water partition coefficient (Wildman–Crippen LogP) is 3.22. The zero-order chi connectivity index (χ0) is 24.8. The molecule has 2 aromatic carbocycles. The number of para-hydroxylation sites is 2. The van der Waals surface area contributed by atoms with Crippen molar-refractivity contribution in [1.82, 2.24) is 15.5 Å². The molecule has 35 heavy (non-hydrogen) atoms. The minimum atomic E-state index is -0.724. The Hall–Kier alpha value is -3.59. The highest BCUT2D eigenvalue weighted by Crippen LogP contribution is 2.30. The molecule has 2 N–H and O–H groups in total. The van der Waals surface area contributed by atoms with Gasteiger partial charge in [0.05, 0.1) is 30.5 Å². The number of ether oxygens (including phenoxy) is 2. The molecule has 2 amide bonds. The minimum absolute atomic E-state index is 0.206. The van der Waals surface area contributed by atoms with E-state index in [1.165, 1.54) is 12.1 Å². The van der Waals surface area contributed by atoms with E-state index in [2.05, 4.69) is 26.5 Å². The van der Waals surface area contributed by atoms with Gasteiger partial charge in [0.2, 0.25) is 0 Å². The Morgan fingerprint density at radius 2 is 1.74 bits per heavy atom. The summed E-state index contributed by atoms with van der Waals surface area (Å²) in [6, 6.07) is 12.6. The molecule has 9 heteroatoms. The Labute approximate surface area is 204 Å². The summed E-state index contributed by atoms with van der Waals surface area (Å²) < 4.78 is 24.6. The number of rotatable bonds is 8. The highest BCUT2D eigenvalue weighted by Gasteiger charge is 2.34. The number of esters is 1. The SMILES string of the molecule is CCOC(=O)C1=C(CN2CCN(c3ccccc3OCC)CC2)NC(=O)N[C@@H]1c1ccc(F)cc1. The molecule has 2 aliphatic heterocycles. The van der Waals surface area contributed by atoms with Gasteiger partial charge in [0.1, 0.15) is 11.6 Å². The molecule has 0 bridgehead atoms.